The minimum Gasteiger partial charge on any atom is -0.384 e. The lowest BCUT2D eigenvalue weighted by Gasteiger charge is -2.34. The number of para-hydroxylation sites is 1. The highest BCUT2D eigenvalue weighted by molar-refractivity contribution is 5.99. The van der Waals surface area contributed by atoms with Gasteiger partial charge < -0.3 is 10.2 Å². The minimum atomic E-state index is 0.158. The van der Waals surface area contributed by atoms with Crippen LogP contribution in [0.3, 0.4) is 0 Å². The van der Waals surface area contributed by atoms with Crippen molar-refractivity contribution < 1.29 is 4.79 Å². The first-order chi connectivity index (χ1) is 10.3. The number of anilines is 1. The van der Waals surface area contributed by atoms with Crippen molar-refractivity contribution in [1.82, 2.24) is 9.80 Å². The second-order valence-corrected chi connectivity index (χ2v) is 5.61. The molecule has 116 valence electrons. The first-order valence-electron chi connectivity index (χ1n) is 8.10. The Bertz CT molecular complexity index is 453. The summed E-state index contributed by atoms with van der Waals surface area (Å²) in [4.78, 5) is 17.1. The molecule has 0 radical (unpaired) electrons. The number of carbonyl (C=O) groups excluding carboxylic acids is 1. The number of hydrogen-bond donors (Lipinski definition) is 1. The molecule has 1 aliphatic heterocycles. The molecule has 1 heterocycles. The standard InChI is InChI=1S/C17H27N3O/c1-3-9-18-16-8-6-5-7-15(16)17(21)20-13-11-19(10-4-2)12-14-20/h5-8,18H,3-4,9-14H2,1-2H3. The van der Waals surface area contributed by atoms with Crippen LogP contribution >= 0.6 is 0 Å². The molecule has 4 nitrogen and oxygen atoms in total. The Morgan fingerprint density at radius 2 is 1.81 bits per heavy atom. The van der Waals surface area contributed by atoms with Crippen molar-refractivity contribution in [1.29, 1.82) is 0 Å². The highest BCUT2D eigenvalue weighted by atomic mass is 16.2. The van der Waals surface area contributed by atoms with Crippen molar-refractivity contribution in [2.45, 2.75) is 26.7 Å². The maximum absolute atomic E-state index is 12.7. The second-order valence-electron chi connectivity index (χ2n) is 5.61. The average Bonchev–Trinajstić information content (AvgIpc) is 2.53. The lowest BCUT2D eigenvalue weighted by molar-refractivity contribution is 0.0638. The van der Waals surface area contributed by atoms with Gasteiger partial charge in [-0.05, 0) is 31.5 Å². The van der Waals surface area contributed by atoms with Gasteiger partial charge >= 0.3 is 0 Å². The van der Waals surface area contributed by atoms with Crippen LogP contribution in [0.25, 0.3) is 0 Å². The van der Waals surface area contributed by atoms with Gasteiger partial charge in [0.1, 0.15) is 0 Å². The van der Waals surface area contributed by atoms with Crippen LogP contribution in [-0.4, -0.2) is 55.0 Å². The van der Waals surface area contributed by atoms with Crippen LogP contribution in [0.1, 0.15) is 37.0 Å². The van der Waals surface area contributed by atoms with E-state index in [4.69, 9.17) is 0 Å². The van der Waals surface area contributed by atoms with E-state index in [0.717, 1.165) is 56.9 Å². The largest absolute Gasteiger partial charge is 0.384 e. The zero-order valence-corrected chi connectivity index (χ0v) is 13.3. The number of hydrogen-bond acceptors (Lipinski definition) is 3. The molecule has 0 atom stereocenters. The Hall–Kier alpha value is -1.55. The van der Waals surface area contributed by atoms with E-state index in [-0.39, 0.29) is 5.91 Å². The molecular formula is C17H27N3O. The molecule has 0 spiro atoms. The average molecular weight is 289 g/mol. The SMILES string of the molecule is CCCNc1ccccc1C(=O)N1CCN(CCC)CC1. The van der Waals surface area contributed by atoms with E-state index in [1.54, 1.807) is 0 Å². The summed E-state index contributed by atoms with van der Waals surface area (Å²) in [5.74, 6) is 0.158. The van der Waals surface area contributed by atoms with Crippen LogP contribution in [0, 0.1) is 0 Å². The molecule has 0 aromatic heterocycles. The molecule has 1 fully saturated rings. The summed E-state index contributed by atoms with van der Waals surface area (Å²) < 4.78 is 0. The van der Waals surface area contributed by atoms with E-state index >= 15 is 0 Å². The fourth-order valence-corrected chi connectivity index (χ4v) is 2.74. The van der Waals surface area contributed by atoms with E-state index in [2.05, 4.69) is 24.1 Å². The van der Waals surface area contributed by atoms with Gasteiger partial charge in [0.2, 0.25) is 0 Å². The molecular weight excluding hydrogens is 262 g/mol. The van der Waals surface area contributed by atoms with Crippen LogP contribution in [0.2, 0.25) is 0 Å². The van der Waals surface area contributed by atoms with Crippen molar-refractivity contribution in [3.05, 3.63) is 29.8 Å². The van der Waals surface area contributed by atoms with Crippen molar-refractivity contribution in [3.8, 4) is 0 Å². The quantitative estimate of drug-likeness (QED) is 0.874. The van der Waals surface area contributed by atoms with E-state index in [0.29, 0.717) is 0 Å². The molecule has 4 heteroatoms. The molecule has 1 aliphatic rings. The summed E-state index contributed by atoms with van der Waals surface area (Å²) in [5.41, 5.74) is 1.76. The Labute approximate surface area is 128 Å². The van der Waals surface area contributed by atoms with Crippen molar-refractivity contribution in [3.63, 3.8) is 0 Å². The summed E-state index contributed by atoms with van der Waals surface area (Å²) in [6, 6.07) is 7.85. The zero-order valence-electron chi connectivity index (χ0n) is 13.3. The zero-order chi connectivity index (χ0) is 15.1. The monoisotopic (exact) mass is 289 g/mol. The van der Waals surface area contributed by atoms with Gasteiger partial charge in [0.05, 0.1) is 5.56 Å². The van der Waals surface area contributed by atoms with Crippen LogP contribution in [-0.2, 0) is 0 Å². The van der Waals surface area contributed by atoms with E-state index in [1.807, 2.05) is 29.2 Å². The lowest BCUT2D eigenvalue weighted by atomic mass is 10.1. The Morgan fingerprint density at radius 1 is 1.10 bits per heavy atom. The highest BCUT2D eigenvalue weighted by Gasteiger charge is 2.23. The summed E-state index contributed by atoms with van der Waals surface area (Å²) in [7, 11) is 0. The second kappa shape index (κ2) is 8.03. The summed E-state index contributed by atoms with van der Waals surface area (Å²) in [6.07, 6.45) is 2.23. The number of rotatable bonds is 6. The van der Waals surface area contributed by atoms with Crippen LogP contribution in [0.5, 0.6) is 0 Å². The van der Waals surface area contributed by atoms with E-state index < -0.39 is 0 Å². The summed E-state index contributed by atoms with van der Waals surface area (Å²) in [5, 5.41) is 3.35. The smallest absolute Gasteiger partial charge is 0.256 e. The first kappa shape index (κ1) is 15.8. The lowest BCUT2D eigenvalue weighted by Crippen LogP contribution is -2.48. The van der Waals surface area contributed by atoms with Crippen LogP contribution in [0.4, 0.5) is 5.69 Å². The number of benzene rings is 1. The fourth-order valence-electron chi connectivity index (χ4n) is 2.74. The minimum absolute atomic E-state index is 0.158. The third kappa shape index (κ3) is 4.21. The van der Waals surface area contributed by atoms with Gasteiger partial charge in [-0.2, -0.15) is 0 Å². The maximum atomic E-state index is 12.7. The third-order valence-corrected chi connectivity index (χ3v) is 3.92. The van der Waals surface area contributed by atoms with E-state index in [9.17, 15) is 4.79 Å². The highest BCUT2D eigenvalue weighted by Crippen LogP contribution is 2.18. The Kier molecular flexibility index (Phi) is 6.05. The summed E-state index contributed by atoms with van der Waals surface area (Å²) in [6.45, 7) is 10.0. The van der Waals surface area contributed by atoms with Gasteiger partial charge in [0.15, 0.2) is 0 Å². The van der Waals surface area contributed by atoms with Crippen molar-refractivity contribution in [2.24, 2.45) is 0 Å². The third-order valence-electron chi connectivity index (χ3n) is 3.92. The van der Waals surface area contributed by atoms with Gasteiger partial charge in [-0.15, -0.1) is 0 Å². The number of amides is 1. The molecule has 21 heavy (non-hydrogen) atoms. The van der Waals surface area contributed by atoms with Crippen LogP contribution in [0.15, 0.2) is 24.3 Å². The summed E-state index contributed by atoms with van der Waals surface area (Å²) >= 11 is 0. The van der Waals surface area contributed by atoms with Crippen molar-refractivity contribution in [2.75, 3.05) is 44.6 Å². The molecule has 1 aromatic rings. The predicted octanol–water partition coefficient (Wildman–Crippen LogP) is 2.68. The van der Waals surface area contributed by atoms with Crippen LogP contribution < -0.4 is 5.32 Å². The molecule has 0 saturated carbocycles. The van der Waals surface area contributed by atoms with E-state index in [1.165, 1.54) is 6.42 Å². The molecule has 0 bridgehead atoms. The molecule has 1 N–H and O–H groups in total. The number of carbonyl (C=O) groups is 1. The van der Waals surface area contributed by atoms with Crippen molar-refractivity contribution >= 4 is 11.6 Å². The molecule has 0 unspecified atom stereocenters. The van der Waals surface area contributed by atoms with Gasteiger partial charge in [0, 0.05) is 38.4 Å². The Balaban J connectivity index is 2.00. The molecule has 2 rings (SSSR count). The van der Waals surface area contributed by atoms with Gasteiger partial charge in [-0.25, -0.2) is 0 Å². The van der Waals surface area contributed by atoms with Gasteiger partial charge in [0.25, 0.3) is 5.91 Å². The maximum Gasteiger partial charge on any atom is 0.256 e. The molecule has 1 saturated heterocycles. The number of nitrogens with zero attached hydrogens (tertiary/aromatic N) is 2. The molecule has 0 aliphatic carbocycles. The van der Waals surface area contributed by atoms with Gasteiger partial charge in [-0.3, -0.25) is 9.69 Å². The molecule has 1 aromatic carbocycles. The fraction of sp³-hybridized carbons (Fsp3) is 0.588. The normalized spacial score (nSPS) is 16.0. The van der Waals surface area contributed by atoms with Gasteiger partial charge in [-0.1, -0.05) is 26.0 Å². The Morgan fingerprint density at radius 3 is 2.48 bits per heavy atom. The topological polar surface area (TPSA) is 35.6 Å². The molecule has 1 amide bonds. The predicted molar refractivity (Wildman–Crippen MR) is 87.9 cm³/mol. The first-order valence-corrected chi connectivity index (χ1v) is 8.10. The number of nitrogens with one attached hydrogen (secondary N) is 1. The number of piperazine rings is 1.